The third-order valence-electron chi connectivity index (χ3n) is 2.00. The van der Waals surface area contributed by atoms with Crippen LogP contribution < -0.4 is 10.6 Å². The first kappa shape index (κ1) is 13.6. The van der Waals surface area contributed by atoms with Crippen molar-refractivity contribution in [3.05, 3.63) is 0 Å². The van der Waals surface area contributed by atoms with E-state index in [1.165, 1.54) is 14.0 Å². The summed E-state index contributed by atoms with van der Waals surface area (Å²) in [5, 5.41) is 5.02. The van der Waals surface area contributed by atoms with Crippen LogP contribution in [0.15, 0.2) is 0 Å². The van der Waals surface area contributed by atoms with Gasteiger partial charge in [-0.2, -0.15) is 0 Å². The van der Waals surface area contributed by atoms with Gasteiger partial charge in [0.1, 0.15) is 11.8 Å². The first-order chi connectivity index (χ1) is 7.01. The van der Waals surface area contributed by atoms with E-state index in [0.717, 1.165) is 0 Å². The fourth-order valence-electron chi connectivity index (χ4n) is 1.09. The Hall–Kier alpha value is -1.39. The highest BCUT2D eigenvalue weighted by atomic mass is 16.2. The average molecular weight is 214 g/mol. The third kappa shape index (κ3) is 5.83. The van der Waals surface area contributed by atoms with Gasteiger partial charge < -0.3 is 15.4 Å². The highest BCUT2D eigenvalue weighted by Gasteiger charge is 2.18. The van der Waals surface area contributed by atoms with Crippen LogP contribution in [0, 0.1) is 0 Å². The van der Waals surface area contributed by atoms with Gasteiger partial charge in [0, 0.05) is 19.9 Å². The molecule has 0 spiro atoms. The van der Waals surface area contributed by atoms with E-state index in [-0.39, 0.29) is 17.6 Å². The van der Waals surface area contributed by atoms with E-state index in [1.807, 2.05) is 0 Å². The van der Waals surface area contributed by atoms with Gasteiger partial charge in [0.2, 0.25) is 11.8 Å². The lowest BCUT2D eigenvalue weighted by Crippen LogP contribution is -2.45. The van der Waals surface area contributed by atoms with Gasteiger partial charge in [-0.05, 0) is 13.3 Å². The molecule has 0 unspecified atom stereocenters. The molecule has 0 aliphatic rings. The van der Waals surface area contributed by atoms with Gasteiger partial charge in [-0.3, -0.25) is 9.59 Å². The summed E-state index contributed by atoms with van der Waals surface area (Å²) in [4.78, 5) is 33.2. The second-order valence-corrected chi connectivity index (χ2v) is 3.33. The van der Waals surface area contributed by atoms with Crippen molar-refractivity contribution >= 4 is 17.6 Å². The van der Waals surface area contributed by atoms with Crippen LogP contribution in [-0.2, 0) is 14.4 Å². The summed E-state index contributed by atoms with van der Waals surface area (Å²) in [5.41, 5.74) is 0. The van der Waals surface area contributed by atoms with Crippen LogP contribution in [0.2, 0.25) is 0 Å². The lowest BCUT2D eigenvalue weighted by atomic mass is 10.1. The molecule has 0 bridgehead atoms. The van der Waals surface area contributed by atoms with Crippen molar-refractivity contribution in [2.24, 2.45) is 0 Å². The minimum atomic E-state index is -0.605. The number of nitrogens with one attached hydrogen (secondary N) is 2. The molecule has 0 aromatic rings. The standard InChI is InChI=1S/C10H18N2O3/c1-4-9(14)12-8(10(15)11-3)6-5-7(2)13/h8H,4-6H2,1-3H3,(H,11,15)(H,12,14)/t8-/m0/s1. The predicted octanol–water partition coefficient (Wildman–Crippen LogP) is -0.00360. The van der Waals surface area contributed by atoms with E-state index in [4.69, 9.17) is 0 Å². The maximum absolute atomic E-state index is 11.3. The van der Waals surface area contributed by atoms with E-state index >= 15 is 0 Å². The van der Waals surface area contributed by atoms with Gasteiger partial charge in [-0.1, -0.05) is 6.92 Å². The van der Waals surface area contributed by atoms with Crippen molar-refractivity contribution in [2.75, 3.05) is 7.05 Å². The number of ketones is 1. The minimum Gasteiger partial charge on any atom is -0.357 e. The number of carbonyl (C=O) groups is 3. The summed E-state index contributed by atoms with van der Waals surface area (Å²) in [6.07, 6.45) is 0.969. The monoisotopic (exact) mass is 214 g/mol. The molecule has 0 saturated carbocycles. The molecular weight excluding hydrogens is 196 g/mol. The van der Waals surface area contributed by atoms with Crippen molar-refractivity contribution in [3.8, 4) is 0 Å². The van der Waals surface area contributed by atoms with E-state index in [2.05, 4.69) is 10.6 Å². The fraction of sp³-hybridized carbons (Fsp3) is 0.700. The maximum atomic E-state index is 11.3. The molecule has 0 radical (unpaired) electrons. The molecule has 5 nitrogen and oxygen atoms in total. The Balaban J connectivity index is 4.24. The first-order valence-corrected chi connectivity index (χ1v) is 5.01. The summed E-state index contributed by atoms with van der Waals surface area (Å²) in [6, 6.07) is -0.605. The highest BCUT2D eigenvalue weighted by Crippen LogP contribution is 1.99. The largest absolute Gasteiger partial charge is 0.357 e. The van der Waals surface area contributed by atoms with Crippen LogP contribution in [-0.4, -0.2) is 30.7 Å². The minimum absolute atomic E-state index is 0.00894. The number of hydrogen-bond acceptors (Lipinski definition) is 3. The molecule has 15 heavy (non-hydrogen) atoms. The summed E-state index contributed by atoms with van der Waals surface area (Å²) < 4.78 is 0. The van der Waals surface area contributed by atoms with Crippen LogP contribution in [0.3, 0.4) is 0 Å². The second-order valence-electron chi connectivity index (χ2n) is 3.33. The van der Waals surface area contributed by atoms with Crippen LogP contribution >= 0.6 is 0 Å². The van der Waals surface area contributed by atoms with Crippen molar-refractivity contribution < 1.29 is 14.4 Å². The molecule has 1 atom stereocenters. The lowest BCUT2D eigenvalue weighted by Gasteiger charge is -2.15. The van der Waals surface area contributed by atoms with Crippen molar-refractivity contribution in [1.29, 1.82) is 0 Å². The maximum Gasteiger partial charge on any atom is 0.242 e. The Labute approximate surface area is 89.6 Å². The molecule has 2 N–H and O–H groups in total. The van der Waals surface area contributed by atoms with Crippen molar-refractivity contribution in [3.63, 3.8) is 0 Å². The molecule has 0 aliphatic heterocycles. The molecule has 0 aromatic carbocycles. The Morgan fingerprint density at radius 3 is 2.27 bits per heavy atom. The normalized spacial score (nSPS) is 11.7. The third-order valence-corrected chi connectivity index (χ3v) is 2.00. The molecule has 0 aliphatic carbocycles. The molecule has 2 amide bonds. The van der Waals surface area contributed by atoms with Crippen molar-refractivity contribution in [2.45, 2.75) is 39.2 Å². The highest BCUT2D eigenvalue weighted by molar-refractivity contribution is 5.88. The Morgan fingerprint density at radius 2 is 1.87 bits per heavy atom. The van der Waals surface area contributed by atoms with E-state index in [9.17, 15) is 14.4 Å². The van der Waals surface area contributed by atoms with Gasteiger partial charge in [0.25, 0.3) is 0 Å². The topological polar surface area (TPSA) is 75.3 Å². The molecule has 0 heterocycles. The van der Waals surface area contributed by atoms with Crippen LogP contribution in [0.5, 0.6) is 0 Å². The number of carbonyl (C=O) groups excluding carboxylic acids is 3. The lowest BCUT2D eigenvalue weighted by molar-refractivity contribution is -0.129. The van der Waals surface area contributed by atoms with Crippen LogP contribution in [0.4, 0.5) is 0 Å². The van der Waals surface area contributed by atoms with Gasteiger partial charge in [-0.25, -0.2) is 0 Å². The zero-order valence-electron chi connectivity index (χ0n) is 9.42. The second kappa shape index (κ2) is 6.98. The van der Waals surface area contributed by atoms with Crippen LogP contribution in [0.1, 0.15) is 33.1 Å². The summed E-state index contributed by atoms with van der Waals surface area (Å²) in [5.74, 6) is -0.445. The number of likely N-dealkylation sites (N-methyl/N-ethyl adjacent to an activating group) is 1. The van der Waals surface area contributed by atoms with Crippen molar-refractivity contribution in [1.82, 2.24) is 10.6 Å². The number of hydrogen-bond donors (Lipinski definition) is 2. The summed E-state index contributed by atoms with van der Waals surface area (Å²) >= 11 is 0. The molecule has 0 rings (SSSR count). The SMILES string of the molecule is CCC(=O)N[C@@H](CCC(C)=O)C(=O)NC. The Morgan fingerprint density at radius 1 is 1.27 bits per heavy atom. The number of rotatable bonds is 6. The van der Waals surface area contributed by atoms with Gasteiger partial charge in [-0.15, -0.1) is 0 Å². The quantitative estimate of drug-likeness (QED) is 0.653. The number of amides is 2. The van der Waals surface area contributed by atoms with E-state index in [0.29, 0.717) is 19.3 Å². The van der Waals surface area contributed by atoms with Gasteiger partial charge >= 0.3 is 0 Å². The molecule has 0 saturated heterocycles. The predicted molar refractivity (Wildman–Crippen MR) is 56.2 cm³/mol. The van der Waals surface area contributed by atoms with Crippen LogP contribution in [0.25, 0.3) is 0 Å². The molecule has 0 aromatic heterocycles. The fourth-order valence-corrected chi connectivity index (χ4v) is 1.09. The van der Waals surface area contributed by atoms with Gasteiger partial charge in [0.15, 0.2) is 0 Å². The molecule has 5 heteroatoms. The smallest absolute Gasteiger partial charge is 0.242 e. The summed E-state index contributed by atoms with van der Waals surface area (Å²) in [6.45, 7) is 3.17. The molecular formula is C10H18N2O3. The van der Waals surface area contributed by atoms with E-state index in [1.54, 1.807) is 6.92 Å². The van der Waals surface area contributed by atoms with Gasteiger partial charge in [0.05, 0.1) is 0 Å². The average Bonchev–Trinajstić information content (AvgIpc) is 2.22. The Bertz CT molecular complexity index is 251. The zero-order valence-corrected chi connectivity index (χ0v) is 9.42. The van der Waals surface area contributed by atoms with E-state index < -0.39 is 6.04 Å². The number of Topliss-reactive ketones (excluding diaryl/α,β-unsaturated/α-hetero) is 1. The molecule has 86 valence electrons. The summed E-state index contributed by atoms with van der Waals surface area (Å²) in [7, 11) is 1.50. The Kier molecular flexibility index (Phi) is 6.33. The zero-order chi connectivity index (χ0) is 11.8. The first-order valence-electron chi connectivity index (χ1n) is 5.01. The molecule has 0 fully saturated rings.